The van der Waals surface area contributed by atoms with Gasteiger partial charge in [-0.2, -0.15) is 11.3 Å². The second kappa shape index (κ2) is 8.98. The van der Waals surface area contributed by atoms with Gasteiger partial charge in [-0.1, -0.05) is 6.07 Å². The number of hydrogen-bond acceptors (Lipinski definition) is 5. The number of amides is 2. The molecular formula is C18H20N2O4S. The molecule has 2 amide bonds. The van der Waals surface area contributed by atoms with E-state index in [0.717, 1.165) is 0 Å². The fourth-order valence-corrected chi connectivity index (χ4v) is 2.84. The van der Waals surface area contributed by atoms with Crippen molar-refractivity contribution in [1.82, 2.24) is 4.90 Å². The molecule has 0 spiro atoms. The van der Waals surface area contributed by atoms with Gasteiger partial charge in [0.05, 0.1) is 5.56 Å². The Hall–Kier alpha value is -2.67. The van der Waals surface area contributed by atoms with Crippen LogP contribution in [-0.2, 0) is 9.53 Å². The molecule has 2 aromatic rings. The average Bonchev–Trinajstić information content (AvgIpc) is 3.15. The molecule has 0 aliphatic heterocycles. The van der Waals surface area contributed by atoms with Gasteiger partial charge in [-0.15, -0.1) is 0 Å². The third-order valence-corrected chi connectivity index (χ3v) is 4.22. The molecule has 7 heteroatoms. The van der Waals surface area contributed by atoms with Crippen LogP contribution in [0.25, 0.3) is 0 Å². The second-order valence-corrected chi connectivity index (χ2v) is 5.97. The van der Waals surface area contributed by atoms with Gasteiger partial charge < -0.3 is 15.0 Å². The van der Waals surface area contributed by atoms with E-state index < -0.39 is 11.9 Å². The molecule has 1 heterocycles. The SMILES string of the molecule is CCN(CC)C(=O)c1cccc(NC(=O)COC(=O)c2ccsc2)c1. The van der Waals surface area contributed by atoms with Crippen LogP contribution >= 0.6 is 11.3 Å². The Kier molecular flexibility index (Phi) is 6.71. The molecular weight excluding hydrogens is 340 g/mol. The van der Waals surface area contributed by atoms with Gasteiger partial charge in [0.25, 0.3) is 11.8 Å². The Morgan fingerprint density at radius 2 is 1.88 bits per heavy atom. The number of esters is 1. The minimum absolute atomic E-state index is 0.0926. The molecule has 1 aromatic heterocycles. The summed E-state index contributed by atoms with van der Waals surface area (Å²) in [5.41, 5.74) is 1.40. The lowest BCUT2D eigenvalue weighted by Gasteiger charge is -2.19. The minimum Gasteiger partial charge on any atom is -0.452 e. The zero-order chi connectivity index (χ0) is 18.2. The second-order valence-electron chi connectivity index (χ2n) is 5.19. The summed E-state index contributed by atoms with van der Waals surface area (Å²) in [4.78, 5) is 37.7. The molecule has 0 saturated heterocycles. The highest BCUT2D eigenvalue weighted by Crippen LogP contribution is 2.13. The largest absolute Gasteiger partial charge is 0.452 e. The van der Waals surface area contributed by atoms with E-state index in [1.54, 1.807) is 46.0 Å². The molecule has 132 valence electrons. The third-order valence-electron chi connectivity index (χ3n) is 3.54. The zero-order valence-corrected chi connectivity index (χ0v) is 15.0. The highest BCUT2D eigenvalue weighted by atomic mass is 32.1. The van der Waals surface area contributed by atoms with E-state index >= 15 is 0 Å². The summed E-state index contributed by atoms with van der Waals surface area (Å²) in [5.74, 6) is -1.09. The van der Waals surface area contributed by atoms with E-state index in [1.165, 1.54) is 11.3 Å². The van der Waals surface area contributed by atoms with Crippen LogP contribution in [0.1, 0.15) is 34.6 Å². The Balaban J connectivity index is 1.93. The molecule has 1 N–H and O–H groups in total. The number of rotatable bonds is 7. The van der Waals surface area contributed by atoms with E-state index in [1.807, 2.05) is 13.8 Å². The number of ether oxygens (including phenoxy) is 1. The van der Waals surface area contributed by atoms with Crippen LogP contribution in [-0.4, -0.2) is 42.4 Å². The van der Waals surface area contributed by atoms with Crippen LogP contribution in [0.4, 0.5) is 5.69 Å². The van der Waals surface area contributed by atoms with Crippen molar-refractivity contribution in [3.05, 3.63) is 52.2 Å². The summed E-state index contributed by atoms with van der Waals surface area (Å²) in [6.07, 6.45) is 0. The van der Waals surface area contributed by atoms with Gasteiger partial charge in [-0.25, -0.2) is 4.79 Å². The number of anilines is 1. The van der Waals surface area contributed by atoms with Crippen molar-refractivity contribution in [3.8, 4) is 0 Å². The van der Waals surface area contributed by atoms with Crippen molar-refractivity contribution >= 4 is 34.8 Å². The van der Waals surface area contributed by atoms with Crippen LogP contribution < -0.4 is 5.32 Å². The van der Waals surface area contributed by atoms with Gasteiger partial charge in [0.2, 0.25) is 0 Å². The van der Waals surface area contributed by atoms with Crippen LogP contribution in [0, 0.1) is 0 Å². The quantitative estimate of drug-likeness (QED) is 0.770. The summed E-state index contributed by atoms with van der Waals surface area (Å²) in [5, 5.41) is 6.04. The van der Waals surface area contributed by atoms with E-state index in [0.29, 0.717) is 29.9 Å². The molecule has 0 aliphatic rings. The molecule has 0 fully saturated rings. The minimum atomic E-state index is -0.540. The molecule has 0 unspecified atom stereocenters. The zero-order valence-electron chi connectivity index (χ0n) is 14.2. The number of nitrogens with zero attached hydrogens (tertiary/aromatic N) is 1. The van der Waals surface area contributed by atoms with E-state index in [4.69, 9.17) is 4.74 Å². The maximum absolute atomic E-state index is 12.3. The van der Waals surface area contributed by atoms with E-state index in [-0.39, 0.29) is 12.5 Å². The van der Waals surface area contributed by atoms with Crippen molar-refractivity contribution in [2.24, 2.45) is 0 Å². The summed E-state index contributed by atoms with van der Waals surface area (Å²) >= 11 is 1.38. The van der Waals surface area contributed by atoms with Crippen molar-refractivity contribution < 1.29 is 19.1 Å². The molecule has 6 nitrogen and oxygen atoms in total. The topological polar surface area (TPSA) is 75.7 Å². The molecule has 0 saturated carbocycles. The standard InChI is InChI=1S/C18H20N2O4S/c1-3-20(4-2)17(22)13-6-5-7-15(10-13)19-16(21)11-24-18(23)14-8-9-25-12-14/h5-10,12H,3-4,11H2,1-2H3,(H,19,21). The monoisotopic (exact) mass is 360 g/mol. The Bertz CT molecular complexity index is 739. The normalized spacial score (nSPS) is 10.2. The number of hydrogen-bond donors (Lipinski definition) is 1. The highest BCUT2D eigenvalue weighted by Gasteiger charge is 2.14. The maximum Gasteiger partial charge on any atom is 0.339 e. The lowest BCUT2D eigenvalue weighted by atomic mass is 10.1. The van der Waals surface area contributed by atoms with E-state index in [9.17, 15) is 14.4 Å². The van der Waals surface area contributed by atoms with Crippen molar-refractivity contribution in [1.29, 1.82) is 0 Å². The fraction of sp³-hybridized carbons (Fsp3) is 0.278. The van der Waals surface area contributed by atoms with Gasteiger partial charge in [0, 0.05) is 29.7 Å². The van der Waals surface area contributed by atoms with Crippen LogP contribution in [0.15, 0.2) is 41.1 Å². The maximum atomic E-state index is 12.3. The van der Waals surface area contributed by atoms with Gasteiger partial charge in [0.1, 0.15) is 0 Å². The van der Waals surface area contributed by atoms with Crippen molar-refractivity contribution in [3.63, 3.8) is 0 Å². The van der Waals surface area contributed by atoms with Gasteiger partial charge in [-0.3, -0.25) is 9.59 Å². The van der Waals surface area contributed by atoms with Crippen LogP contribution in [0.5, 0.6) is 0 Å². The molecule has 0 aliphatic carbocycles. The third kappa shape index (κ3) is 5.15. The lowest BCUT2D eigenvalue weighted by molar-refractivity contribution is -0.119. The van der Waals surface area contributed by atoms with E-state index in [2.05, 4.69) is 5.32 Å². The first-order chi connectivity index (χ1) is 12.0. The molecule has 0 bridgehead atoms. The molecule has 2 rings (SSSR count). The molecule has 0 atom stereocenters. The smallest absolute Gasteiger partial charge is 0.339 e. The molecule has 25 heavy (non-hydrogen) atoms. The Morgan fingerprint density at radius 1 is 1.12 bits per heavy atom. The predicted molar refractivity (Wildman–Crippen MR) is 96.9 cm³/mol. The Morgan fingerprint density at radius 3 is 2.52 bits per heavy atom. The summed E-state index contributed by atoms with van der Waals surface area (Å²) in [7, 11) is 0. The summed E-state index contributed by atoms with van der Waals surface area (Å²) < 4.78 is 4.95. The molecule has 0 radical (unpaired) electrons. The average molecular weight is 360 g/mol. The first kappa shape index (κ1) is 18.7. The molecule has 1 aromatic carbocycles. The Labute approximate surface area is 150 Å². The number of nitrogens with one attached hydrogen (secondary N) is 1. The van der Waals surface area contributed by atoms with Gasteiger partial charge in [-0.05, 0) is 43.5 Å². The summed E-state index contributed by atoms with van der Waals surface area (Å²) in [6, 6.07) is 8.32. The summed E-state index contributed by atoms with van der Waals surface area (Å²) in [6.45, 7) is 4.67. The number of carbonyl (C=O) groups excluding carboxylic acids is 3. The highest BCUT2D eigenvalue weighted by molar-refractivity contribution is 7.08. The number of thiophene rings is 1. The fourth-order valence-electron chi connectivity index (χ4n) is 2.22. The lowest BCUT2D eigenvalue weighted by Crippen LogP contribution is -2.30. The van der Waals surface area contributed by atoms with Crippen LogP contribution in [0.3, 0.4) is 0 Å². The van der Waals surface area contributed by atoms with Crippen LogP contribution in [0.2, 0.25) is 0 Å². The number of carbonyl (C=O) groups is 3. The van der Waals surface area contributed by atoms with Crippen molar-refractivity contribution in [2.45, 2.75) is 13.8 Å². The first-order valence-electron chi connectivity index (χ1n) is 7.93. The van der Waals surface area contributed by atoms with Gasteiger partial charge in [0.15, 0.2) is 6.61 Å². The van der Waals surface area contributed by atoms with Gasteiger partial charge >= 0.3 is 5.97 Å². The first-order valence-corrected chi connectivity index (χ1v) is 8.88. The number of benzene rings is 1. The van der Waals surface area contributed by atoms with Crippen molar-refractivity contribution in [2.75, 3.05) is 25.0 Å². The predicted octanol–water partition coefficient (Wildman–Crippen LogP) is 3.03.